The van der Waals surface area contributed by atoms with Gasteiger partial charge in [-0.25, -0.2) is 0 Å². The van der Waals surface area contributed by atoms with E-state index in [4.69, 9.17) is 32.7 Å². The van der Waals surface area contributed by atoms with Crippen molar-refractivity contribution in [3.05, 3.63) is 45.9 Å². The topological polar surface area (TPSA) is 51.6 Å². The number of halogens is 2. The van der Waals surface area contributed by atoms with Crippen LogP contribution < -0.4 is 9.47 Å². The van der Waals surface area contributed by atoms with Gasteiger partial charge in [-0.3, -0.25) is 0 Å². The Labute approximate surface area is 133 Å². The third kappa shape index (κ3) is 4.24. The van der Waals surface area contributed by atoms with Crippen LogP contribution in [0.1, 0.15) is 19.4 Å². The molecule has 1 aromatic carbocycles. The summed E-state index contributed by atoms with van der Waals surface area (Å²) >= 11 is 11.9. The summed E-state index contributed by atoms with van der Waals surface area (Å²) in [5.74, 6) is 1.08. The van der Waals surface area contributed by atoms with E-state index in [1.54, 1.807) is 30.3 Å². The number of hydrogen-bond acceptors (Lipinski definition) is 4. The molecule has 2 rings (SSSR count). The number of hydrogen-bond donors (Lipinski definition) is 1. The molecule has 6 heteroatoms. The van der Waals surface area contributed by atoms with Crippen LogP contribution in [0.3, 0.4) is 0 Å². The third-order valence-corrected chi connectivity index (χ3v) is 3.07. The minimum Gasteiger partial charge on any atom is -0.475 e. The Hall–Kier alpha value is -1.49. The minimum absolute atomic E-state index is 0.00977. The first-order valence-electron chi connectivity index (χ1n) is 6.40. The molecule has 21 heavy (non-hydrogen) atoms. The first-order chi connectivity index (χ1) is 9.99. The van der Waals surface area contributed by atoms with Gasteiger partial charge in [-0.1, -0.05) is 23.2 Å². The van der Waals surface area contributed by atoms with Crippen LogP contribution >= 0.6 is 23.2 Å². The molecule has 0 unspecified atom stereocenters. The predicted octanol–water partition coefficient (Wildman–Crippen LogP) is 4.46. The molecule has 0 saturated heterocycles. The molecule has 0 amide bonds. The van der Waals surface area contributed by atoms with Gasteiger partial charge in [-0.2, -0.15) is 4.98 Å². The molecule has 0 radical (unpaired) electrons. The van der Waals surface area contributed by atoms with E-state index in [2.05, 4.69) is 4.98 Å². The lowest BCUT2D eigenvalue weighted by Gasteiger charge is -2.13. The third-order valence-electron chi connectivity index (χ3n) is 2.54. The molecule has 112 valence electrons. The molecule has 0 aliphatic heterocycles. The molecule has 4 nitrogen and oxygen atoms in total. The Balaban J connectivity index is 2.32. The van der Waals surface area contributed by atoms with Gasteiger partial charge in [-0.05, 0) is 38.1 Å². The van der Waals surface area contributed by atoms with Gasteiger partial charge in [0.15, 0.2) is 0 Å². The van der Waals surface area contributed by atoms with Gasteiger partial charge in [0.05, 0.1) is 17.7 Å². The number of rotatable bonds is 5. The molecule has 0 saturated carbocycles. The van der Waals surface area contributed by atoms with Gasteiger partial charge in [0.2, 0.25) is 11.8 Å². The van der Waals surface area contributed by atoms with Crippen molar-refractivity contribution in [2.45, 2.75) is 26.6 Å². The van der Waals surface area contributed by atoms with Crippen LogP contribution in [-0.2, 0) is 6.61 Å². The smallest absolute Gasteiger partial charge is 0.228 e. The summed E-state index contributed by atoms with van der Waals surface area (Å²) in [6.45, 7) is 3.60. The van der Waals surface area contributed by atoms with Gasteiger partial charge in [-0.15, -0.1) is 0 Å². The van der Waals surface area contributed by atoms with Crippen molar-refractivity contribution < 1.29 is 14.6 Å². The van der Waals surface area contributed by atoms with E-state index < -0.39 is 0 Å². The van der Waals surface area contributed by atoms with Gasteiger partial charge < -0.3 is 14.6 Å². The van der Waals surface area contributed by atoms with Crippen LogP contribution in [0.2, 0.25) is 10.0 Å². The van der Waals surface area contributed by atoms with E-state index in [0.29, 0.717) is 27.2 Å². The number of aliphatic hydroxyl groups excluding tert-OH is 1. The molecular formula is C15H15Cl2NO3. The molecule has 0 fully saturated rings. The maximum atomic E-state index is 9.37. The summed E-state index contributed by atoms with van der Waals surface area (Å²) in [4.78, 5) is 4.25. The highest BCUT2D eigenvalue weighted by Crippen LogP contribution is 2.33. The summed E-state index contributed by atoms with van der Waals surface area (Å²) in [5, 5.41) is 10.2. The van der Waals surface area contributed by atoms with Crippen LogP contribution in [0.4, 0.5) is 0 Å². The zero-order valence-electron chi connectivity index (χ0n) is 11.6. The second-order valence-electron chi connectivity index (χ2n) is 4.62. The van der Waals surface area contributed by atoms with Crippen molar-refractivity contribution in [2.24, 2.45) is 0 Å². The highest BCUT2D eigenvalue weighted by atomic mass is 35.5. The van der Waals surface area contributed by atoms with Crippen LogP contribution in [0.15, 0.2) is 30.3 Å². The number of ether oxygens (including phenoxy) is 2. The molecule has 0 bridgehead atoms. The molecule has 0 aliphatic carbocycles. The zero-order chi connectivity index (χ0) is 15.4. The van der Waals surface area contributed by atoms with Gasteiger partial charge >= 0.3 is 0 Å². The Bertz CT molecular complexity index is 632. The van der Waals surface area contributed by atoms with Gasteiger partial charge in [0.1, 0.15) is 5.75 Å². The summed E-state index contributed by atoms with van der Waals surface area (Å²) < 4.78 is 11.2. The second-order valence-corrected chi connectivity index (χ2v) is 5.46. The maximum Gasteiger partial charge on any atom is 0.228 e. The van der Waals surface area contributed by atoms with E-state index >= 15 is 0 Å². The minimum atomic E-state index is -0.199. The molecular weight excluding hydrogens is 313 g/mol. The number of aromatic nitrogens is 1. The van der Waals surface area contributed by atoms with Crippen LogP contribution in [0.25, 0.3) is 0 Å². The predicted molar refractivity (Wildman–Crippen MR) is 82.5 cm³/mol. The van der Waals surface area contributed by atoms with Gasteiger partial charge in [0, 0.05) is 16.7 Å². The summed E-state index contributed by atoms with van der Waals surface area (Å²) in [7, 11) is 0. The van der Waals surface area contributed by atoms with E-state index in [1.807, 2.05) is 13.8 Å². The van der Waals surface area contributed by atoms with Crippen LogP contribution in [0.5, 0.6) is 17.5 Å². The Kier molecular flexibility index (Phi) is 5.28. The standard InChI is InChI=1S/C15H15Cl2NO3/c1-9(2)20-14-6-3-10(8-19)15(18-14)21-13-5-4-11(16)7-12(13)17/h3-7,9,19H,8H2,1-2H3. The molecule has 1 heterocycles. The summed E-state index contributed by atoms with van der Waals surface area (Å²) in [6.07, 6.45) is -0.00977. The molecule has 2 aromatic rings. The van der Waals surface area contributed by atoms with Crippen molar-refractivity contribution >= 4 is 23.2 Å². The lowest BCUT2D eigenvalue weighted by molar-refractivity contribution is 0.228. The summed E-state index contributed by atoms with van der Waals surface area (Å²) in [6, 6.07) is 8.26. The quantitative estimate of drug-likeness (QED) is 0.880. The molecule has 1 N–H and O–H groups in total. The van der Waals surface area contributed by atoms with Crippen molar-refractivity contribution in [1.82, 2.24) is 4.98 Å². The van der Waals surface area contributed by atoms with E-state index in [1.165, 1.54) is 0 Å². The first kappa shape index (κ1) is 15.9. The monoisotopic (exact) mass is 327 g/mol. The van der Waals surface area contributed by atoms with Crippen molar-refractivity contribution in [1.29, 1.82) is 0 Å². The lowest BCUT2D eigenvalue weighted by atomic mass is 10.3. The van der Waals surface area contributed by atoms with E-state index in [-0.39, 0.29) is 18.6 Å². The SMILES string of the molecule is CC(C)Oc1ccc(CO)c(Oc2ccc(Cl)cc2Cl)n1. The Morgan fingerprint density at radius 1 is 1.19 bits per heavy atom. The highest BCUT2D eigenvalue weighted by Gasteiger charge is 2.12. The Morgan fingerprint density at radius 2 is 1.95 bits per heavy atom. The van der Waals surface area contributed by atoms with Crippen LogP contribution in [-0.4, -0.2) is 16.2 Å². The average Bonchev–Trinajstić information content (AvgIpc) is 2.41. The number of aliphatic hydroxyl groups is 1. The Morgan fingerprint density at radius 3 is 2.57 bits per heavy atom. The molecule has 1 aromatic heterocycles. The number of nitrogens with zero attached hydrogens (tertiary/aromatic N) is 1. The fraction of sp³-hybridized carbons (Fsp3) is 0.267. The average molecular weight is 328 g/mol. The summed E-state index contributed by atoms with van der Waals surface area (Å²) in [5.41, 5.74) is 0.539. The normalized spacial score (nSPS) is 10.8. The largest absolute Gasteiger partial charge is 0.475 e. The molecule has 0 spiro atoms. The number of pyridine rings is 1. The van der Waals surface area contributed by atoms with Gasteiger partial charge in [0.25, 0.3) is 0 Å². The fourth-order valence-electron chi connectivity index (χ4n) is 1.63. The zero-order valence-corrected chi connectivity index (χ0v) is 13.1. The van der Waals surface area contributed by atoms with Crippen molar-refractivity contribution in [3.8, 4) is 17.5 Å². The van der Waals surface area contributed by atoms with Crippen LogP contribution in [0, 0.1) is 0 Å². The van der Waals surface area contributed by atoms with Crippen molar-refractivity contribution in [2.75, 3.05) is 0 Å². The maximum absolute atomic E-state index is 9.37. The van der Waals surface area contributed by atoms with E-state index in [0.717, 1.165) is 0 Å². The second kappa shape index (κ2) is 6.98. The molecule has 0 atom stereocenters. The first-order valence-corrected chi connectivity index (χ1v) is 7.15. The van der Waals surface area contributed by atoms with E-state index in [9.17, 15) is 5.11 Å². The fourth-order valence-corrected chi connectivity index (χ4v) is 2.08. The highest BCUT2D eigenvalue weighted by molar-refractivity contribution is 6.35. The van der Waals surface area contributed by atoms with Crippen molar-refractivity contribution in [3.63, 3.8) is 0 Å². The lowest BCUT2D eigenvalue weighted by Crippen LogP contribution is -2.07. The molecule has 0 aliphatic rings. The number of benzene rings is 1.